The van der Waals surface area contributed by atoms with Crippen LogP contribution in [-0.2, 0) is 0 Å². The zero-order valence-corrected chi connectivity index (χ0v) is 22.3. The number of rotatable bonds is 3. The van der Waals surface area contributed by atoms with Crippen LogP contribution in [0.1, 0.15) is 0 Å². The Morgan fingerprint density at radius 2 is 1.10 bits per heavy atom. The highest BCUT2D eigenvalue weighted by Crippen LogP contribution is 2.41. The summed E-state index contributed by atoms with van der Waals surface area (Å²) in [5, 5.41) is 5.24. The van der Waals surface area contributed by atoms with Gasteiger partial charge in [-0.15, -0.1) is 0 Å². The van der Waals surface area contributed by atoms with Crippen molar-refractivity contribution in [1.29, 1.82) is 0 Å². The monoisotopic (exact) mass is 539 g/mol. The first-order chi connectivity index (χ1) is 20.8. The Morgan fingerprint density at radius 3 is 1.86 bits per heavy atom. The van der Waals surface area contributed by atoms with Gasteiger partial charge >= 0.3 is 0 Å². The molecule has 9 aromatic rings. The van der Waals surface area contributed by atoms with Gasteiger partial charge in [0.15, 0.2) is 17.2 Å². The summed E-state index contributed by atoms with van der Waals surface area (Å²) in [6.45, 7) is 0. The van der Waals surface area contributed by atoms with Crippen molar-refractivity contribution in [3.8, 4) is 28.7 Å². The summed E-state index contributed by atoms with van der Waals surface area (Å²) in [5.74, 6) is 1.76. The quantitative estimate of drug-likeness (QED) is 0.224. The van der Waals surface area contributed by atoms with Gasteiger partial charge in [-0.3, -0.25) is 9.55 Å². The minimum atomic E-state index is 0.536. The predicted octanol–water partition coefficient (Wildman–Crippen LogP) is 8.75. The molecule has 0 amide bonds. The first-order valence-corrected chi connectivity index (χ1v) is 13.8. The molecule has 5 aromatic carbocycles. The fourth-order valence-corrected chi connectivity index (χ4v) is 6.00. The largest absolute Gasteiger partial charge is 0.453 e. The van der Waals surface area contributed by atoms with Crippen LogP contribution in [0.2, 0.25) is 0 Å². The third-order valence-corrected chi connectivity index (χ3v) is 7.91. The van der Waals surface area contributed by atoms with Crippen molar-refractivity contribution in [1.82, 2.24) is 24.5 Å². The highest BCUT2D eigenvalue weighted by Gasteiger charge is 2.22. The molecule has 0 bridgehead atoms. The molecule has 0 aliphatic rings. The molecule has 9 rings (SSSR count). The fourth-order valence-electron chi connectivity index (χ4n) is 6.00. The summed E-state index contributed by atoms with van der Waals surface area (Å²) < 4.78 is 8.89. The van der Waals surface area contributed by atoms with Gasteiger partial charge in [0, 0.05) is 44.3 Å². The van der Waals surface area contributed by atoms with E-state index in [-0.39, 0.29) is 0 Å². The molecule has 0 fully saturated rings. The zero-order valence-electron chi connectivity index (χ0n) is 22.3. The predicted molar refractivity (Wildman–Crippen MR) is 168 cm³/mol. The molecule has 0 N–H and O–H groups in total. The topological polar surface area (TPSA) is 69.6 Å². The maximum absolute atomic E-state index is 6.77. The number of hydrogen-bond acceptors (Lipinski definition) is 5. The molecular weight excluding hydrogens is 518 g/mol. The first kappa shape index (κ1) is 22.9. The molecule has 0 saturated heterocycles. The van der Waals surface area contributed by atoms with Gasteiger partial charge in [-0.1, -0.05) is 84.9 Å². The maximum Gasteiger partial charge on any atom is 0.238 e. The lowest BCUT2D eigenvalue weighted by atomic mass is 10.1. The molecule has 0 atom stereocenters. The van der Waals surface area contributed by atoms with Crippen LogP contribution in [0.4, 0.5) is 0 Å². The standard InChI is InChI=1S/C36H21N5O/c1-3-10-22(11-4-1)34-38-35(23-12-5-2-6-13-23)40-36(39-34)41-30-16-8-7-14-24(30)25-17-18-27-26-19-20-29-28(15-9-21-37-29)32(26)42-33(27)31(25)41/h1-21H. The molecule has 6 nitrogen and oxygen atoms in total. The second-order valence-corrected chi connectivity index (χ2v) is 10.3. The molecule has 0 saturated carbocycles. The number of hydrogen-bond donors (Lipinski definition) is 0. The smallest absolute Gasteiger partial charge is 0.238 e. The average Bonchev–Trinajstić information content (AvgIpc) is 3.62. The van der Waals surface area contributed by atoms with Gasteiger partial charge in [-0.05, 0) is 36.4 Å². The molecule has 4 aromatic heterocycles. The van der Waals surface area contributed by atoms with E-state index >= 15 is 0 Å². The minimum Gasteiger partial charge on any atom is -0.453 e. The summed E-state index contributed by atoms with van der Waals surface area (Å²) in [4.78, 5) is 19.6. The number of pyridine rings is 1. The summed E-state index contributed by atoms with van der Waals surface area (Å²) in [6.07, 6.45) is 1.81. The van der Waals surface area contributed by atoms with E-state index in [1.165, 1.54) is 0 Å². The Hall–Kier alpha value is -5.88. The van der Waals surface area contributed by atoms with Crippen LogP contribution in [0.5, 0.6) is 0 Å². The second kappa shape index (κ2) is 8.81. The van der Waals surface area contributed by atoms with E-state index in [0.29, 0.717) is 17.6 Å². The van der Waals surface area contributed by atoms with Crippen molar-refractivity contribution in [3.63, 3.8) is 0 Å². The van der Waals surface area contributed by atoms with Crippen molar-refractivity contribution >= 4 is 54.6 Å². The average molecular weight is 540 g/mol. The Balaban J connectivity index is 1.44. The molecule has 196 valence electrons. The van der Waals surface area contributed by atoms with Gasteiger partial charge in [-0.25, -0.2) is 4.98 Å². The van der Waals surface area contributed by atoms with Crippen molar-refractivity contribution in [2.75, 3.05) is 0 Å². The lowest BCUT2D eigenvalue weighted by molar-refractivity contribution is 0.674. The Morgan fingerprint density at radius 1 is 0.476 bits per heavy atom. The SMILES string of the molecule is c1ccc(-c2nc(-c3ccccc3)nc(-n3c4ccccc4c4ccc5c6ccc7ncccc7c6oc5c43)n2)cc1. The number of furan rings is 1. The minimum absolute atomic E-state index is 0.536. The van der Waals surface area contributed by atoms with Gasteiger partial charge in [0.25, 0.3) is 0 Å². The number of fused-ring (bicyclic) bond motifs is 9. The molecular formula is C36H21N5O. The van der Waals surface area contributed by atoms with E-state index in [2.05, 4.69) is 58.1 Å². The van der Waals surface area contributed by atoms with Gasteiger partial charge in [0.2, 0.25) is 5.95 Å². The lowest BCUT2D eigenvalue weighted by Gasteiger charge is -2.11. The van der Waals surface area contributed by atoms with E-state index < -0.39 is 0 Å². The molecule has 0 spiro atoms. The number of nitrogens with zero attached hydrogens (tertiary/aromatic N) is 5. The van der Waals surface area contributed by atoms with Crippen molar-refractivity contribution < 1.29 is 4.42 Å². The Kier molecular flexibility index (Phi) is 4.80. The van der Waals surface area contributed by atoms with Crippen LogP contribution in [0, 0.1) is 0 Å². The maximum atomic E-state index is 6.77. The van der Waals surface area contributed by atoms with Crippen LogP contribution in [-0.4, -0.2) is 24.5 Å². The fraction of sp³-hybridized carbons (Fsp3) is 0. The molecule has 0 unspecified atom stereocenters. The number of para-hydroxylation sites is 1. The second-order valence-electron chi connectivity index (χ2n) is 10.3. The van der Waals surface area contributed by atoms with Gasteiger partial charge in [0.1, 0.15) is 11.1 Å². The third-order valence-electron chi connectivity index (χ3n) is 7.91. The van der Waals surface area contributed by atoms with Crippen molar-refractivity contribution in [2.45, 2.75) is 0 Å². The number of benzene rings is 5. The van der Waals surface area contributed by atoms with Gasteiger partial charge in [-0.2, -0.15) is 9.97 Å². The van der Waals surface area contributed by atoms with Crippen LogP contribution in [0.3, 0.4) is 0 Å². The third kappa shape index (κ3) is 3.32. The summed E-state index contributed by atoms with van der Waals surface area (Å²) in [5.41, 5.74) is 6.28. The van der Waals surface area contributed by atoms with E-state index in [1.807, 2.05) is 79.0 Å². The van der Waals surface area contributed by atoms with Gasteiger partial charge < -0.3 is 4.42 Å². The van der Waals surface area contributed by atoms with Crippen molar-refractivity contribution in [3.05, 3.63) is 128 Å². The summed E-state index contributed by atoms with van der Waals surface area (Å²) in [6, 6.07) is 40.9. The van der Waals surface area contributed by atoms with E-state index in [1.54, 1.807) is 0 Å². The molecule has 4 heterocycles. The Labute approximate surface area is 239 Å². The molecule has 0 aliphatic carbocycles. The lowest BCUT2D eigenvalue weighted by Crippen LogP contribution is -2.06. The van der Waals surface area contributed by atoms with Crippen LogP contribution in [0.15, 0.2) is 132 Å². The van der Waals surface area contributed by atoms with E-state index in [9.17, 15) is 0 Å². The highest BCUT2D eigenvalue weighted by atomic mass is 16.3. The van der Waals surface area contributed by atoms with E-state index in [4.69, 9.17) is 19.4 Å². The zero-order chi connectivity index (χ0) is 27.6. The van der Waals surface area contributed by atoms with Gasteiger partial charge in [0.05, 0.1) is 11.0 Å². The molecule has 42 heavy (non-hydrogen) atoms. The normalized spacial score (nSPS) is 11.8. The van der Waals surface area contributed by atoms with Crippen LogP contribution in [0.25, 0.3) is 83.4 Å². The van der Waals surface area contributed by atoms with Crippen LogP contribution >= 0.6 is 0 Å². The van der Waals surface area contributed by atoms with Crippen LogP contribution < -0.4 is 0 Å². The summed E-state index contributed by atoms with van der Waals surface area (Å²) in [7, 11) is 0. The van der Waals surface area contributed by atoms with Crippen molar-refractivity contribution in [2.24, 2.45) is 0 Å². The summed E-state index contributed by atoms with van der Waals surface area (Å²) >= 11 is 0. The van der Waals surface area contributed by atoms with E-state index in [0.717, 1.165) is 65.8 Å². The molecule has 0 radical (unpaired) electrons. The molecule has 6 heteroatoms. The first-order valence-electron chi connectivity index (χ1n) is 13.8. The highest BCUT2D eigenvalue weighted by molar-refractivity contribution is 6.23. The Bertz CT molecular complexity index is 2400. The number of aromatic nitrogens is 5. The molecule has 0 aliphatic heterocycles.